The highest BCUT2D eigenvalue weighted by atomic mass is 16.2. The van der Waals surface area contributed by atoms with Gasteiger partial charge in [-0.1, -0.05) is 0 Å². The predicted molar refractivity (Wildman–Crippen MR) is 100 cm³/mol. The number of rotatable bonds is 4. The summed E-state index contributed by atoms with van der Waals surface area (Å²) in [7, 11) is 4.50. The molecule has 0 spiro atoms. The van der Waals surface area contributed by atoms with Gasteiger partial charge in [0.25, 0.3) is 11.5 Å². The van der Waals surface area contributed by atoms with Gasteiger partial charge in [0.1, 0.15) is 6.54 Å². The molecule has 2 heterocycles. The summed E-state index contributed by atoms with van der Waals surface area (Å²) in [6.45, 7) is 6.97. The normalized spacial score (nSPS) is 11.4. The zero-order valence-corrected chi connectivity index (χ0v) is 16.8. The number of fused-ring (bicyclic) bond motifs is 1. The van der Waals surface area contributed by atoms with Crippen molar-refractivity contribution in [3.8, 4) is 0 Å². The summed E-state index contributed by atoms with van der Waals surface area (Å²) in [6, 6.07) is -0.828. The number of imide groups is 1. The monoisotopic (exact) mass is 378 g/mol. The molecule has 2 aromatic heterocycles. The molecule has 27 heavy (non-hydrogen) atoms. The zero-order chi connectivity index (χ0) is 20.6. The van der Waals surface area contributed by atoms with Crippen molar-refractivity contribution in [2.45, 2.75) is 46.3 Å². The quantitative estimate of drug-likeness (QED) is 0.752. The molecule has 0 N–H and O–H groups in total. The summed E-state index contributed by atoms with van der Waals surface area (Å²) in [5, 5.41) is 0. The molecule has 0 unspecified atom stereocenters. The number of amides is 3. The molecule has 0 aromatic carbocycles. The predicted octanol–water partition coefficient (Wildman–Crippen LogP) is 0.131. The summed E-state index contributed by atoms with van der Waals surface area (Å²) in [5.74, 6) is -0.460. The maximum Gasteiger partial charge on any atom is 0.332 e. The summed E-state index contributed by atoms with van der Waals surface area (Å²) in [5.41, 5.74) is -0.708. The topological polar surface area (TPSA) is 102 Å². The molecule has 2 rings (SSSR count). The first kappa shape index (κ1) is 20.4. The first-order valence-corrected chi connectivity index (χ1v) is 8.68. The minimum absolute atomic E-state index is 0.0672. The van der Waals surface area contributed by atoms with E-state index in [-0.39, 0.29) is 29.8 Å². The van der Waals surface area contributed by atoms with Crippen molar-refractivity contribution >= 4 is 23.1 Å². The van der Waals surface area contributed by atoms with Crippen molar-refractivity contribution < 1.29 is 9.59 Å². The van der Waals surface area contributed by atoms with Gasteiger partial charge in [0.05, 0.1) is 6.33 Å². The Morgan fingerprint density at radius 2 is 1.67 bits per heavy atom. The van der Waals surface area contributed by atoms with E-state index in [9.17, 15) is 19.2 Å². The van der Waals surface area contributed by atoms with Gasteiger partial charge >= 0.3 is 11.7 Å². The van der Waals surface area contributed by atoms with Crippen LogP contribution >= 0.6 is 0 Å². The highest BCUT2D eigenvalue weighted by Gasteiger charge is 2.29. The van der Waals surface area contributed by atoms with Crippen LogP contribution < -0.4 is 11.2 Å². The summed E-state index contributed by atoms with van der Waals surface area (Å²) in [4.78, 5) is 56.8. The third kappa shape index (κ3) is 3.51. The Labute approximate surface area is 156 Å². The van der Waals surface area contributed by atoms with Crippen molar-refractivity contribution in [2.75, 3.05) is 7.05 Å². The number of aryl methyl sites for hydroxylation is 1. The Bertz CT molecular complexity index is 997. The molecular formula is C17H26N6O4. The second-order valence-electron chi connectivity index (χ2n) is 7.10. The van der Waals surface area contributed by atoms with E-state index in [4.69, 9.17) is 0 Å². The highest BCUT2D eigenvalue weighted by Crippen LogP contribution is 2.11. The Kier molecular flexibility index (Phi) is 5.57. The average molecular weight is 378 g/mol. The van der Waals surface area contributed by atoms with Crippen LogP contribution in [0.2, 0.25) is 0 Å². The summed E-state index contributed by atoms with van der Waals surface area (Å²) < 4.78 is 3.58. The van der Waals surface area contributed by atoms with Gasteiger partial charge in [0.15, 0.2) is 11.2 Å². The first-order valence-electron chi connectivity index (χ1n) is 8.68. The van der Waals surface area contributed by atoms with E-state index >= 15 is 0 Å². The Balaban J connectivity index is 2.46. The van der Waals surface area contributed by atoms with Gasteiger partial charge in [0.2, 0.25) is 0 Å². The third-order valence-corrected chi connectivity index (χ3v) is 4.59. The van der Waals surface area contributed by atoms with E-state index in [0.29, 0.717) is 0 Å². The van der Waals surface area contributed by atoms with Crippen LogP contribution in [-0.4, -0.2) is 59.6 Å². The molecule has 0 atom stereocenters. The van der Waals surface area contributed by atoms with Crippen molar-refractivity contribution in [1.82, 2.24) is 28.5 Å². The van der Waals surface area contributed by atoms with Gasteiger partial charge in [-0.05, 0) is 27.7 Å². The number of hydrogen-bond donors (Lipinski definition) is 0. The lowest BCUT2D eigenvalue weighted by Crippen LogP contribution is -2.51. The molecule has 0 aliphatic rings. The number of urea groups is 1. The SMILES string of the molecule is CC(C)N(C)C(=O)N(C(=O)Cn1cnc2c1c(=O)n(C)c(=O)n2C)C(C)C. The molecule has 0 saturated carbocycles. The van der Waals surface area contributed by atoms with E-state index in [1.165, 1.54) is 34.5 Å². The zero-order valence-electron chi connectivity index (χ0n) is 16.8. The molecule has 0 aliphatic carbocycles. The maximum absolute atomic E-state index is 12.9. The van der Waals surface area contributed by atoms with Gasteiger partial charge in [-0.25, -0.2) is 14.6 Å². The second kappa shape index (κ2) is 7.37. The molecule has 0 aliphatic heterocycles. The Morgan fingerprint density at radius 1 is 1.07 bits per heavy atom. The van der Waals surface area contributed by atoms with Crippen molar-refractivity contribution in [3.63, 3.8) is 0 Å². The van der Waals surface area contributed by atoms with Gasteiger partial charge in [-0.15, -0.1) is 0 Å². The van der Waals surface area contributed by atoms with Crippen LogP contribution in [0.5, 0.6) is 0 Å². The second-order valence-corrected chi connectivity index (χ2v) is 7.10. The standard InChI is InChI=1S/C17H26N6O4/c1-10(2)19(5)17(27)23(11(3)4)12(24)8-22-9-18-14-13(22)15(25)21(7)16(26)20(14)6/h9-11H,8H2,1-7H3. The lowest BCUT2D eigenvalue weighted by molar-refractivity contribution is -0.130. The van der Waals surface area contributed by atoms with Gasteiger partial charge in [-0.3, -0.25) is 23.6 Å². The average Bonchev–Trinajstić information content (AvgIpc) is 3.00. The third-order valence-electron chi connectivity index (χ3n) is 4.59. The fraction of sp³-hybridized carbons (Fsp3) is 0.588. The largest absolute Gasteiger partial charge is 0.332 e. The number of carbonyl (C=O) groups excluding carboxylic acids is 2. The van der Waals surface area contributed by atoms with Crippen LogP contribution in [0.3, 0.4) is 0 Å². The van der Waals surface area contributed by atoms with Gasteiger partial charge < -0.3 is 9.47 Å². The molecule has 2 aromatic rings. The minimum atomic E-state index is -0.542. The van der Waals surface area contributed by atoms with E-state index in [1.807, 2.05) is 13.8 Å². The number of hydrogen-bond acceptors (Lipinski definition) is 5. The summed E-state index contributed by atoms with van der Waals surface area (Å²) in [6.07, 6.45) is 1.33. The van der Waals surface area contributed by atoms with E-state index < -0.39 is 23.2 Å². The molecular weight excluding hydrogens is 352 g/mol. The van der Waals surface area contributed by atoms with E-state index in [0.717, 1.165) is 9.47 Å². The van der Waals surface area contributed by atoms with Crippen molar-refractivity contribution in [3.05, 3.63) is 27.2 Å². The molecule has 0 saturated heterocycles. The molecule has 10 nitrogen and oxygen atoms in total. The molecule has 0 fully saturated rings. The van der Waals surface area contributed by atoms with Crippen molar-refractivity contribution in [1.29, 1.82) is 0 Å². The summed E-state index contributed by atoms with van der Waals surface area (Å²) >= 11 is 0. The lowest BCUT2D eigenvalue weighted by Gasteiger charge is -2.31. The fourth-order valence-corrected chi connectivity index (χ4v) is 2.75. The number of nitrogens with zero attached hydrogens (tertiary/aromatic N) is 6. The van der Waals surface area contributed by atoms with Crippen LogP contribution in [0.15, 0.2) is 15.9 Å². The smallest absolute Gasteiger partial charge is 0.325 e. The first-order chi connectivity index (χ1) is 12.5. The number of imidazole rings is 1. The maximum atomic E-state index is 12.9. The van der Waals surface area contributed by atoms with Crippen LogP contribution in [0, 0.1) is 0 Å². The molecule has 0 bridgehead atoms. The molecule has 3 amide bonds. The van der Waals surface area contributed by atoms with Gasteiger partial charge in [-0.2, -0.15) is 0 Å². The molecule has 10 heteroatoms. The van der Waals surface area contributed by atoms with Crippen LogP contribution in [0.1, 0.15) is 27.7 Å². The minimum Gasteiger partial charge on any atom is -0.325 e. The van der Waals surface area contributed by atoms with Crippen LogP contribution in [-0.2, 0) is 25.4 Å². The Morgan fingerprint density at radius 3 is 2.19 bits per heavy atom. The van der Waals surface area contributed by atoms with Crippen LogP contribution in [0.25, 0.3) is 11.2 Å². The van der Waals surface area contributed by atoms with E-state index in [1.54, 1.807) is 20.9 Å². The van der Waals surface area contributed by atoms with E-state index in [2.05, 4.69) is 4.98 Å². The number of carbonyl (C=O) groups is 2. The van der Waals surface area contributed by atoms with Crippen molar-refractivity contribution in [2.24, 2.45) is 14.1 Å². The number of aromatic nitrogens is 4. The lowest BCUT2D eigenvalue weighted by atomic mass is 10.3. The highest BCUT2D eigenvalue weighted by molar-refractivity contribution is 5.95. The van der Waals surface area contributed by atoms with Gasteiger partial charge in [0, 0.05) is 33.2 Å². The Hall–Kier alpha value is -2.91. The molecule has 0 radical (unpaired) electrons. The van der Waals surface area contributed by atoms with Crippen LogP contribution in [0.4, 0.5) is 4.79 Å². The molecule has 148 valence electrons. The fourth-order valence-electron chi connectivity index (χ4n) is 2.75.